The van der Waals surface area contributed by atoms with E-state index >= 15 is 0 Å². The molecule has 2 rings (SSSR count). The highest BCUT2D eigenvalue weighted by Crippen LogP contribution is 2.33. The van der Waals surface area contributed by atoms with Crippen LogP contribution in [-0.2, 0) is 4.79 Å². The summed E-state index contributed by atoms with van der Waals surface area (Å²) in [6, 6.07) is 5.32. The monoisotopic (exact) mass is 317 g/mol. The lowest BCUT2D eigenvalue weighted by molar-refractivity contribution is -0.137. The number of nitrogens with zero attached hydrogens (tertiary/aromatic N) is 1. The van der Waals surface area contributed by atoms with Gasteiger partial charge in [0, 0.05) is 13.1 Å². The molecule has 1 N–H and O–H groups in total. The van der Waals surface area contributed by atoms with Gasteiger partial charge in [0.1, 0.15) is 16.9 Å². The fourth-order valence-corrected chi connectivity index (χ4v) is 2.66. The number of rotatable bonds is 5. The van der Waals surface area contributed by atoms with E-state index in [1.165, 1.54) is 0 Å². The van der Waals surface area contributed by atoms with Crippen LogP contribution in [0, 0.1) is 0 Å². The maximum absolute atomic E-state index is 10.6. The molecule has 0 aromatic heterocycles. The van der Waals surface area contributed by atoms with E-state index in [9.17, 15) is 4.79 Å². The predicted octanol–water partition coefficient (Wildman–Crippen LogP) is 3.31. The first-order valence-electron chi connectivity index (χ1n) is 6.61. The lowest BCUT2D eigenvalue weighted by Crippen LogP contribution is -2.42. The van der Waals surface area contributed by atoms with Crippen LogP contribution in [0.2, 0.25) is 10.0 Å². The molecule has 1 aliphatic rings. The van der Waals surface area contributed by atoms with E-state index in [1.54, 1.807) is 18.2 Å². The van der Waals surface area contributed by atoms with Crippen molar-refractivity contribution in [3.05, 3.63) is 28.2 Å². The number of hydrogen-bond donors (Lipinski definition) is 1. The van der Waals surface area contributed by atoms with Crippen LogP contribution in [0.1, 0.15) is 19.3 Å². The van der Waals surface area contributed by atoms with Crippen LogP contribution >= 0.6 is 23.2 Å². The Balaban J connectivity index is 1.92. The lowest BCUT2D eigenvalue weighted by atomic mass is 10.1. The van der Waals surface area contributed by atoms with Gasteiger partial charge in [0.15, 0.2) is 0 Å². The Labute approximate surface area is 128 Å². The number of ether oxygens (including phenoxy) is 1. The molecule has 1 aliphatic heterocycles. The van der Waals surface area contributed by atoms with Gasteiger partial charge in [-0.3, -0.25) is 9.69 Å². The van der Waals surface area contributed by atoms with Gasteiger partial charge in [-0.2, -0.15) is 0 Å². The van der Waals surface area contributed by atoms with E-state index in [0.29, 0.717) is 22.3 Å². The van der Waals surface area contributed by atoms with Gasteiger partial charge in [0.05, 0.1) is 11.4 Å². The van der Waals surface area contributed by atoms with Crippen molar-refractivity contribution >= 4 is 29.2 Å². The number of hydrogen-bond acceptors (Lipinski definition) is 3. The molecule has 6 heteroatoms. The number of carboxylic acids is 1. The third-order valence-corrected chi connectivity index (χ3v) is 4.12. The first-order chi connectivity index (χ1) is 9.56. The van der Waals surface area contributed by atoms with Gasteiger partial charge in [-0.25, -0.2) is 0 Å². The molecule has 0 saturated carbocycles. The van der Waals surface area contributed by atoms with E-state index in [-0.39, 0.29) is 12.5 Å². The minimum Gasteiger partial charge on any atom is -0.487 e. The number of carboxylic acid groups (broad SMARTS) is 1. The standard InChI is InChI=1S/C14H17Cl2NO3/c15-11-4-1-5-12(14(11)16)20-10-3-2-7-17(9-10)8-6-13(18)19/h1,4-5,10H,2-3,6-9H2,(H,18,19). The summed E-state index contributed by atoms with van der Waals surface area (Å²) in [5.74, 6) is -0.185. The van der Waals surface area contributed by atoms with Crippen molar-refractivity contribution < 1.29 is 14.6 Å². The Bertz CT molecular complexity index is 481. The maximum atomic E-state index is 10.6. The normalized spacial score (nSPS) is 19.8. The van der Waals surface area contributed by atoms with Crippen molar-refractivity contribution in [1.29, 1.82) is 0 Å². The predicted molar refractivity (Wildman–Crippen MR) is 78.8 cm³/mol. The SMILES string of the molecule is O=C(O)CCN1CCCC(Oc2cccc(Cl)c2Cl)C1. The largest absolute Gasteiger partial charge is 0.487 e. The molecule has 1 heterocycles. The summed E-state index contributed by atoms with van der Waals surface area (Å²) in [6.45, 7) is 2.19. The Morgan fingerprint density at radius 3 is 3.00 bits per heavy atom. The highest BCUT2D eigenvalue weighted by Gasteiger charge is 2.22. The summed E-state index contributed by atoms with van der Waals surface area (Å²) in [5, 5.41) is 9.62. The van der Waals surface area contributed by atoms with Crippen molar-refractivity contribution in [2.75, 3.05) is 19.6 Å². The van der Waals surface area contributed by atoms with Crippen LogP contribution < -0.4 is 4.74 Å². The van der Waals surface area contributed by atoms with Gasteiger partial charge >= 0.3 is 5.97 Å². The molecule has 1 saturated heterocycles. The lowest BCUT2D eigenvalue weighted by Gasteiger charge is -2.32. The third-order valence-electron chi connectivity index (χ3n) is 3.31. The minimum absolute atomic E-state index is 0.0218. The molecule has 0 bridgehead atoms. The van der Waals surface area contributed by atoms with Crippen LogP contribution in [0.3, 0.4) is 0 Å². The van der Waals surface area contributed by atoms with E-state index in [4.69, 9.17) is 33.0 Å². The zero-order valence-electron chi connectivity index (χ0n) is 11.0. The van der Waals surface area contributed by atoms with Crippen LogP contribution in [0.25, 0.3) is 0 Å². The number of carbonyl (C=O) groups is 1. The molecule has 110 valence electrons. The highest BCUT2D eigenvalue weighted by atomic mass is 35.5. The third kappa shape index (κ3) is 4.27. The zero-order chi connectivity index (χ0) is 14.5. The van der Waals surface area contributed by atoms with Crippen molar-refractivity contribution in [2.24, 2.45) is 0 Å². The fourth-order valence-electron chi connectivity index (χ4n) is 2.32. The van der Waals surface area contributed by atoms with Gasteiger partial charge in [-0.15, -0.1) is 0 Å². The van der Waals surface area contributed by atoms with Crippen LogP contribution in [-0.4, -0.2) is 41.7 Å². The quantitative estimate of drug-likeness (QED) is 0.905. The highest BCUT2D eigenvalue weighted by molar-refractivity contribution is 6.42. The fraction of sp³-hybridized carbons (Fsp3) is 0.500. The first-order valence-corrected chi connectivity index (χ1v) is 7.36. The smallest absolute Gasteiger partial charge is 0.304 e. The summed E-state index contributed by atoms with van der Waals surface area (Å²) in [5.41, 5.74) is 0. The number of benzene rings is 1. The second-order valence-corrected chi connectivity index (χ2v) is 5.66. The Morgan fingerprint density at radius 1 is 1.45 bits per heavy atom. The van der Waals surface area contributed by atoms with Gasteiger partial charge in [0.25, 0.3) is 0 Å². The first kappa shape index (κ1) is 15.4. The molecule has 1 unspecified atom stereocenters. The van der Waals surface area contributed by atoms with Crippen LogP contribution in [0.15, 0.2) is 18.2 Å². The van der Waals surface area contributed by atoms with Crippen molar-refractivity contribution in [1.82, 2.24) is 4.90 Å². The Hall–Kier alpha value is -0.970. The molecular formula is C14H17Cl2NO3. The molecule has 0 spiro atoms. The number of aliphatic carboxylic acids is 1. The molecule has 0 amide bonds. The van der Waals surface area contributed by atoms with Gasteiger partial charge in [0.2, 0.25) is 0 Å². The van der Waals surface area contributed by atoms with Gasteiger partial charge in [-0.05, 0) is 31.5 Å². The van der Waals surface area contributed by atoms with E-state index in [2.05, 4.69) is 4.90 Å². The Morgan fingerprint density at radius 2 is 2.25 bits per heavy atom. The number of halogens is 2. The molecule has 0 radical (unpaired) electrons. The number of likely N-dealkylation sites (tertiary alicyclic amines) is 1. The van der Waals surface area contributed by atoms with E-state index in [0.717, 1.165) is 25.9 Å². The second kappa shape index (κ2) is 7.16. The molecular weight excluding hydrogens is 301 g/mol. The average Bonchev–Trinajstić information content (AvgIpc) is 2.42. The topological polar surface area (TPSA) is 49.8 Å². The Kier molecular flexibility index (Phi) is 5.52. The molecule has 0 aliphatic carbocycles. The summed E-state index contributed by atoms with van der Waals surface area (Å²) in [7, 11) is 0. The van der Waals surface area contributed by atoms with Crippen LogP contribution in [0.5, 0.6) is 5.75 Å². The van der Waals surface area contributed by atoms with Crippen molar-refractivity contribution in [3.63, 3.8) is 0 Å². The van der Waals surface area contributed by atoms with Gasteiger partial charge < -0.3 is 9.84 Å². The average molecular weight is 318 g/mol. The summed E-state index contributed by atoms with van der Waals surface area (Å²) in [4.78, 5) is 12.7. The summed E-state index contributed by atoms with van der Waals surface area (Å²) >= 11 is 12.1. The molecule has 1 fully saturated rings. The van der Waals surface area contributed by atoms with Gasteiger partial charge in [-0.1, -0.05) is 29.3 Å². The molecule has 20 heavy (non-hydrogen) atoms. The second-order valence-electron chi connectivity index (χ2n) is 4.88. The molecule has 4 nitrogen and oxygen atoms in total. The van der Waals surface area contributed by atoms with E-state index < -0.39 is 5.97 Å². The molecule has 1 aromatic rings. The van der Waals surface area contributed by atoms with E-state index in [1.807, 2.05) is 0 Å². The van der Waals surface area contributed by atoms with Crippen molar-refractivity contribution in [2.45, 2.75) is 25.4 Å². The maximum Gasteiger partial charge on any atom is 0.304 e. The summed E-state index contributed by atoms with van der Waals surface area (Å²) < 4.78 is 5.90. The summed E-state index contributed by atoms with van der Waals surface area (Å²) in [6.07, 6.45) is 2.10. The molecule has 1 aromatic carbocycles. The zero-order valence-corrected chi connectivity index (χ0v) is 12.5. The van der Waals surface area contributed by atoms with Crippen LogP contribution in [0.4, 0.5) is 0 Å². The van der Waals surface area contributed by atoms with Crippen molar-refractivity contribution in [3.8, 4) is 5.75 Å². The number of piperidine rings is 1. The molecule has 1 atom stereocenters. The minimum atomic E-state index is -0.772.